The van der Waals surface area contributed by atoms with Crippen molar-refractivity contribution in [3.05, 3.63) is 51.9 Å². The van der Waals surface area contributed by atoms with Gasteiger partial charge in [0.2, 0.25) is 0 Å². The molecule has 1 unspecified atom stereocenters. The van der Waals surface area contributed by atoms with Crippen LogP contribution >= 0.6 is 23.2 Å². The molecule has 0 amide bonds. The maximum Gasteiger partial charge on any atom is 0.168 e. The van der Waals surface area contributed by atoms with Crippen LogP contribution in [-0.4, -0.2) is 6.54 Å². The van der Waals surface area contributed by atoms with E-state index in [-0.39, 0.29) is 12.6 Å². The standard InChI is InChI=1S/C13H13Cl2NO2/c1-8-5-6-10(17-8)12(7-16)18-11-4-2-3-9(14)13(11)15/h2-6,12H,7,16H2,1H3. The minimum atomic E-state index is -0.380. The van der Waals surface area contributed by atoms with E-state index in [4.69, 9.17) is 38.1 Å². The molecule has 0 aliphatic heterocycles. The van der Waals surface area contributed by atoms with Crippen molar-refractivity contribution >= 4 is 23.2 Å². The van der Waals surface area contributed by atoms with E-state index in [9.17, 15) is 0 Å². The fourth-order valence-corrected chi connectivity index (χ4v) is 1.91. The van der Waals surface area contributed by atoms with Gasteiger partial charge in [0.15, 0.2) is 6.10 Å². The van der Waals surface area contributed by atoms with Crippen molar-refractivity contribution in [2.45, 2.75) is 13.0 Å². The van der Waals surface area contributed by atoms with Gasteiger partial charge >= 0.3 is 0 Å². The molecule has 0 aliphatic rings. The highest BCUT2D eigenvalue weighted by Gasteiger charge is 2.17. The first kappa shape index (κ1) is 13.3. The molecule has 1 atom stereocenters. The van der Waals surface area contributed by atoms with Crippen LogP contribution in [0, 0.1) is 6.92 Å². The van der Waals surface area contributed by atoms with E-state index in [1.54, 1.807) is 18.2 Å². The predicted molar refractivity (Wildman–Crippen MR) is 72.3 cm³/mol. The SMILES string of the molecule is Cc1ccc(C(CN)Oc2cccc(Cl)c2Cl)o1. The fourth-order valence-electron chi connectivity index (χ4n) is 1.58. The average molecular weight is 286 g/mol. The van der Waals surface area contributed by atoms with Gasteiger partial charge in [-0.05, 0) is 31.2 Å². The van der Waals surface area contributed by atoms with Gasteiger partial charge in [0.1, 0.15) is 22.3 Å². The monoisotopic (exact) mass is 285 g/mol. The molecular formula is C13H13Cl2NO2. The van der Waals surface area contributed by atoms with Crippen molar-refractivity contribution in [2.75, 3.05) is 6.54 Å². The maximum atomic E-state index is 6.06. The highest BCUT2D eigenvalue weighted by atomic mass is 35.5. The summed E-state index contributed by atoms with van der Waals surface area (Å²) in [6, 6.07) is 8.91. The van der Waals surface area contributed by atoms with Crippen LogP contribution in [0.3, 0.4) is 0 Å². The lowest BCUT2D eigenvalue weighted by Crippen LogP contribution is -2.18. The van der Waals surface area contributed by atoms with Gasteiger partial charge in [0.05, 0.1) is 5.02 Å². The van der Waals surface area contributed by atoms with Gasteiger partial charge in [-0.2, -0.15) is 0 Å². The number of hydrogen-bond acceptors (Lipinski definition) is 3. The minimum absolute atomic E-state index is 0.287. The molecule has 1 aromatic carbocycles. The number of nitrogens with two attached hydrogens (primary N) is 1. The summed E-state index contributed by atoms with van der Waals surface area (Å²) in [6.07, 6.45) is -0.380. The zero-order chi connectivity index (χ0) is 13.1. The Kier molecular flexibility index (Phi) is 4.17. The third kappa shape index (κ3) is 2.80. The highest BCUT2D eigenvalue weighted by Crippen LogP contribution is 2.34. The largest absolute Gasteiger partial charge is 0.480 e. The predicted octanol–water partition coefficient (Wildman–Crippen LogP) is 3.97. The molecule has 2 rings (SSSR count). The molecular weight excluding hydrogens is 273 g/mol. The molecule has 96 valence electrons. The Hall–Kier alpha value is -1.16. The Morgan fingerprint density at radius 2 is 2.06 bits per heavy atom. The van der Waals surface area contributed by atoms with E-state index in [1.165, 1.54) is 0 Å². The van der Waals surface area contributed by atoms with Crippen LogP contribution in [0.4, 0.5) is 0 Å². The zero-order valence-corrected chi connectivity index (χ0v) is 11.3. The molecule has 0 saturated heterocycles. The number of hydrogen-bond donors (Lipinski definition) is 1. The third-order valence-electron chi connectivity index (χ3n) is 2.48. The van der Waals surface area contributed by atoms with Crippen molar-refractivity contribution < 1.29 is 9.15 Å². The van der Waals surface area contributed by atoms with E-state index in [0.29, 0.717) is 21.6 Å². The Balaban J connectivity index is 2.23. The summed E-state index contributed by atoms with van der Waals surface area (Å²) in [6.45, 7) is 2.15. The summed E-state index contributed by atoms with van der Waals surface area (Å²) in [5.74, 6) is 1.98. The highest BCUT2D eigenvalue weighted by molar-refractivity contribution is 6.42. The second kappa shape index (κ2) is 5.65. The Bertz CT molecular complexity index is 540. The molecule has 2 N–H and O–H groups in total. The number of ether oxygens (including phenoxy) is 1. The van der Waals surface area contributed by atoms with Gasteiger partial charge in [-0.3, -0.25) is 0 Å². The topological polar surface area (TPSA) is 48.4 Å². The lowest BCUT2D eigenvalue weighted by atomic mass is 10.2. The molecule has 5 heteroatoms. The summed E-state index contributed by atoms with van der Waals surface area (Å²) < 4.78 is 11.2. The van der Waals surface area contributed by atoms with Crippen molar-refractivity contribution in [3.63, 3.8) is 0 Å². The van der Waals surface area contributed by atoms with Crippen molar-refractivity contribution in [3.8, 4) is 5.75 Å². The first-order valence-electron chi connectivity index (χ1n) is 5.49. The summed E-state index contributed by atoms with van der Waals surface area (Å²) in [5.41, 5.74) is 5.69. The Labute approximate surface area is 115 Å². The van der Waals surface area contributed by atoms with Crippen LogP contribution in [0.2, 0.25) is 10.0 Å². The molecule has 0 bridgehead atoms. The van der Waals surface area contributed by atoms with Gasteiger partial charge in [-0.1, -0.05) is 29.3 Å². The van der Waals surface area contributed by atoms with Crippen LogP contribution in [0.5, 0.6) is 5.75 Å². The number of halogens is 2. The van der Waals surface area contributed by atoms with E-state index in [1.807, 2.05) is 19.1 Å². The van der Waals surface area contributed by atoms with E-state index < -0.39 is 0 Å². The van der Waals surface area contributed by atoms with Gasteiger partial charge in [-0.25, -0.2) is 0 Å². The smallest absolute Gasteiger partial charge is 0.168 e. The molecule has 0 saturated carbocycles. The third-order valence-corrected chi connectivity index (χ3v) is 3.28. The number of furan rings is 1. The maximum absolute atomic E-state index is 6.06. The summed E-state index contributed by atoms with van der Waals surface area (Å²) in [7, 11) is 0. The van der Waals surface area contributed by atoms with Crippen LogP contribution in [0.15, 0.2) is 34.7 Å². The second-order valence-corrected chi connectivity index (χ2v) is 4.63. The van der Waals surface area contributed by atoms with Gasteiger partial charge in [0, 0.05) is 6.54 Å². The average Bonchev–Trinajstić information content (AvgIpc) is 2.78. The van der Waals surface area contributed by atoms with Crippen LogP contribution in [0.1, 0.15) is 17.6 Å². The van der Waals surface area contributed by atoms with E-state index >= 15 is 0 Å². The lowest BCUT2D eigenvalue weighted by Gasteiger charge is -2.16. The minimum Gasteiger partial charge on any atom is -0.480 e. The van der Waals surface area contributed by atoms with Gasteiger partial charge in [0.25, 0.3) is 0 Å². The molecule has 1 aromatic heterocycles. The molecule has 3 nitrogen and oxygen atoms in total. The van der Waals surface area contributed by atoms with Crippen LogP contribution in [0.25, 0.3) is 0 Å². The molecule has 0 radical (unpaired) electrons. The number of rotatable bonds is 4. The van der Waals surface area contributed by atoms with Crippen molar-refractivity contribution in [1.82, 2.24) is 0 Å². The van der Waals surface area contributed by atoms with Crippen LogP contribution < -0.4 is 10.5 Å². The number of benzene rings is 1. The Morgan fingerprint density at radius 1 is 1.28 bits per heavy atom. The molecule has 18 heavy (non-hydrogen) atoms. The molecule has 0 spiro atoms. The fraction of sp³-hybridized carbons (Fsp3) is 0.231. The van der Waals surface area contributed by atoms with Crippen molar-refractivity contribution in [1.29, 1.82) is 0 Å². The van der Waals surface area contributed by atoms with Gasteiger partial charge < -0.3 is 14.9 Å². The number of aryl methyl sites for hydroxylation is 1. The first-order valence-corrected chi connectivity index (χ1v) is 6.24. The van der Waals surface area contributed by atoms with E-state index in [0.717, 1.165) is 5.76 Å². The van der Waals surface area contributed by atoms with Crippen LogP contribution in [-0.2, 0) is 0 Å². The summed E-state index contributed by atoms with van der Waals surface area (Å²) >= 11 is 12.0. The van der Waals surface area contributed by atoms with E-state index in [2.05, 4.69) is 0 Å². The molecule has 1 heterocycles. The Morgan fingerprint density at radius 3 is 2.67 bits per heavy atom. The van der Waals surface area contributed by atoms with Crippen molar-refractivity contribution in [2.24, 2.45) is 5.73 Å². The lowest BCUT2D eigenvalue weighted by molar-refractivity contribution is 0.182. The summed E-state index contributed by atoms with van der Waals surface area (Å²) in [4.78, 5) is 0. The summed E-state index contributed by atoms with van der Waals surface area (Å²) in [5, 5.41) is 0.821. The zero-order valence-electron chi connectivity index (χ0n) is 9.82. The molecule has 0 fully saturated rings. The quantitative estimate of drug-likeness (QED) is 0.925. The molecule has 0 aliphatic carbocycles. The normalized spacial score (nSPS) is 12.4. The second-order valence-electron chi connectivity index (χ2n) is 3.84. The molecule has 2 aromatic rings. The van der Waals surface area contributed by atoms with Gasteiger partial charge in [-0.15, -0.1) is 0 Å². The first-order chi connectivity index (χ1) is 8.61.